The van der Waals surface area contributed by atoms with Crippen molar-refractivity contribution < 1.29 is 22.8 Å². The van der Waals surface area contributed by atoms with Gasteiger partial charge in [-0.1, -0.05) is 6.07 Å². The van der Waals surface area contributed by atoms with Crippen molar-refractivity contribution in [3.8, 4) is 11.8 Å². The van der Waals surface area contributed by atoms with E-state index in [1.807, 2.05) is 0 Å². The second-order valence-electron chi connectivity index (χ2n) is 6.64. The molecule has 0 fully saturated rings. The Labute approximate surface area is 179 Å². The van der Waals surface area contributed by atoms with E-state index in [2.05, 4.69) is 26.3 Å². The molecule has 0 unspecified atom stereocenters. The zero-order valence-corrected chi connectivity index (χ0v) is 16.8. The molecule has 0 aliphatic carbocycles. The monoisotopic (exact) mass is 443 g/mol. The van der Waals surface area contributed by atoms with Gasteiger partial charge >= 0.3 is 6.18 Å². The van der Waals surface area contributed by atoms with Crippen molar-refractivity contribution in [1.29, 1.82) is 5.26 Å². The summed E-state index contributed by atoms with van der Waals surface area (Å²) in [5.74, 6) is -1.62. The predicted octanol–water partition coefficient (Wildman–Crippen LogP) is 2.60. The topological polar surface area (TPSA) is 128 Å². The number of nitrogens with one attached hydrogen (secondary N) is 3. The molecule has 32 heavy (non-hydrogen) atoms. The van der Waals surface area contributed by atoms with Crippen LogP contribution in [0.2, 0.25) is 0 Å². The van der Waals surface area contributed by atoms with E-state index < -0.39 is 23.6 Å². The fourth-order valence-electron chi connectivity index (χ4n) is 3.01. The molecule has 3 aromatic rings. The lowest BCUT2D eigenvalue weighted by Gasteiger charge is -2.13. The number of hydrogen-bond donors (Lipinski definition) is 3. The third kappa shape index (κ3) is 4.67. The van der Waals surface area contributed by atoms with Gasteiger partial charge in [-0.3, -0.25) is 20.4 Å². The summed E-state index contributed by atoms with van der Waals surface area (Å²) in [6.07, 6.45) is -2.06. The third-order valence-corrected chi connectivity index (χ3v) is 4.50. The average molecular weight is 443 g/mol. The molecule has 2 amide bonds. The first kappa shape index (κ1) is 22.3. The number of carbonyl (C=O) groups is 2. The van der Waals surface area contributed by atoms with E-state index in [0.29, 0.717) is 17.0 Å². The van der Waals surface area contributed by atoms with Crippen LogP contribution < -0.4 is 10.9 Å². The van der Waals surface area contributed by atoms with Crippen LogP contribution in [-0.2, 0) is 11.0 Å². The van der Waals surface area contributed by atoms with E-state index in [9.17, 15) is 28.0 Å². The molecule has 0 saturated heterocycles. The number of aryl methyl sites for hydroxylation is 1. The Morgan fingerprint density at radius 3 is 2.59 bits per heavy atom. The van der Waals surface area contributed by atoms with Gasteiger partial charge in [0.2, 0.25) is 0 Å². The van der Waals surface area contributed by atoms with E-state index in [1.54, 1.807) is 30.6 Å². The predicted molar refractivity (Wildman–Crippen MR) is 106 cm³/mol. The molecule has 0 spiro atoms. The first-order valence-electron chi connectivity index (χ1n) is 9.06. The van der Waals surface area contributed by atoms with E-state index in [4.69, 9.17) is 0 Å². The molecule has 3 rings (SSSR count). The number of aromatic nitrogens is 4. The lowest BCUT2D eigenvalue weighted by atomic mass is 10.1. The molecule has 0 radical (unpaired) electrons. The Kier molecular flexibility index (Phi) is 6.10. The van der Waals surface area contributed by atoms with Crippen LogP contribution in [0.5, 0.6) is 0 Å². The summed E-state index contributed by atoms with van der Waals surface area (Å²) < 4.78 is 40.8. The lowest BCUT2D eigenvalue weighted by molar-refractivity contribution is -0.137. The van der Waals surface area contributed by atoms with E-state index in [1.165, 1.54) is 18.2 Å². The van der Waals surface area contributed by atoms with Crippen LogP contribution in [0.1, 0.15) is 33.0 Å². The van der Waals surface area contributed by atoms with E-state index >= 15 is 0 Å². The van der Waals surface area contributed by atoms with Crippen molar-refractivity contribution >= 4 is 17.9 Å². The second kappa shape index (κ2) is 8.76. The molecule has 0 aliphatic heterocycles. The quantitative estimate of drug-likeness (QED) is 0.324. The second-order valence-corrected chi connectivity index (χ2v) is 6.64. The first-order chi connectivity index (χ1) is 15.1. The van der Waals surface area contributed by atoms with Gasteiger partial charge in [0.1, 0.15) is 11.6 Å². The molecule has 0 atom stereocenters. The lowest BCUT2D eigenvalue weighted by Crippen LogP contribution is -2.42. The summed E-state index contributed by atoms with van der Waals surface area (Å²) in [6.45, 7) is 3.34. The normalized spacial score (nSPS) is 11.7. The molecule has 3 N–H and O–H groups in total. The Morgan fingerprint density at radius 2 is 1.97 bits per heavy atom. The van der Waals surface area contributed by atoms with Gasteiger partial charge in [-0.05, 0) is 49.8 Å². The van der Waals surface area contributed by atoms with Crippen LogP contribution in [0, 0.1) is 25.2 Å². The summed E-state index contributed by atoms with van der Waals surface area (Å²) in [5.41, 5.74) is 4.87. The Balaban J connectivity index is 1.86. The van der Waals surface area contributed by atoms with E-state index in [-0.39, 0.29) is 17.0 Å². The summed E-state index contributed by atoms with van der Waals surface area (Å²) in [7, 11) is 0. The fraction of sp³-hybridized carbons (Fsp3) is 0.150. The number of amides is 2. The standard InChI is InChI=1S/C20H16F3N7O2/c1-11-6-13(12(2)30(11)16-5-3-4-15(8-16)20(21,22)23)7-14(9-24)18(31)27-28-19(32)17-10-25-29-26-17/h3-8,10H,1-2H3,(H,27,31)(H,28,32)(H,25,26,29)/b14-7-. The van der Waals surface area contributed by atoms with Crippen LogP contribution in [0.25, 0.3) is 11.8 Å². The van der Waals surface area contributed by atoms with Gasteiger partial charge in [0, 0.05) is 17.1 Å². The molecule has 0 aliphatic rings. The van der Waals surface area contributed by atoms with Crippen molar-refractivity contribution in [3.63, 3.8) is 0 Å². The number of rotatable bonds is 4. The van der Waals surface area contributed by atoms with Crippen LogP contribution in [-0.4, -0.2) is 31.8 Å². The maximum atomic E-state index is 13.1. The minimum Gasteiger partial charge on any atom is -0.318 e. The number of aromatic amines is 1. The summed E-state index contributed by atoms with van der Waals surface area (Å²) in [6, 6.07) is 8.20. The molecule has 9 nitrogen and oxygen atoms in total. The number of alkyl halides is 3. The van der Waals surface area contributed by atoms with Gasteiger partial charge in [-0.15, -0.1) is 0 Å². The number of nitriles is 1. The zero-order valence-electron chi connectivity index (χ0n) is 16.8. The number of hydrazine groups is 1. The van der Waals surface area contributed by atoms with Gasteiger partial charge in [0.25, 0.3) is 11.8 Å². The largest absolute Gasteiger partial charge is 0.416 e. The fourth-order valence-corrected chi connectivity index (χ4v) is 3.01. The van der Waals surface area contributed by atoms with Crippen molar-refractivity contribution in [2.24, 2.45) is 0 Å². The number of nitrogens with zero attached hydrogens (tertiary/aromatic N) is 4. The smallest absolute Gasteiger partial charge is 0.318 e. The summed E-state index contributed by atoms with van der Waals surface area (Å²) >= 11 is 0. The highest BCUT2D eigenvalue weighted by atomic mass is 19.4. The zero-order chi connectivity index (χ0) is 23.5. The van der Waals surface area contributed by atoms with Gasteiger partial charge in [-0.2, -0.15) is 33.8 Å². The van der Waals surface area contributed by atoms with Crippen LogP contribution >= 0.6 is 0 Å². The first-order valence-corrected chi connectivity index (χ1v) is 9.06. The van der Waals surface area contributed by atoms with Gasteiger partial charge in [0.15, 0.2) is 5.69 Å². The Hall–Kier alpha value is -4.40. The maximum absolute atomic E-state index is 13.1. The van der Waals surface area contributed by atoms with Crippen LogP contribution in [0.4, 0.5) is 13.2 Å². The average Bonchev–Trinajstić information content (AvgIpc) is 3.38. The summed E-state index contributed by atoms with van der Waals surface area (Å²) in [4.78, 5) is 24.1. The highest BCUT2D eigenvalue weighted by Gasteiger charge is 2.30. The highest BCUT2D eigenvalue weighted by Crippen LogP contribution is 2.31. The van der Waals surface area contributed by atoms with Gasteiger partial charge < -0.3 is 4.57 Å². The molecule has 0 saturated carbocycles. The van der Waals surface area contributed by atoms with Crippen LogP contribution in [0.3, 0.4) is 0 Å². The molecular weight excluding hydrogens is 427 g/mol. The molecule has 12 heteroatoms. The Bertz CT molecular complexity index is 1240. The minimum atomic E-state index is -4.49. The Morgan fingerprint density at radius 1 is 1.22 bits per heavy atom. The highest BCUT2D eigenvalue weighted by molar-refractivity contribution is 6.03. The molecular formula is C20H16F3N7O2. The van der Waals surface area contributed by atoms with Gasteiger partial charge in [-0.25, -0.2) is 0 Å². The van der Waals surface area contributed by atoms with Crippen molar-refractivity contribution in [2.75, 3.05) is 0 Å². The number of hydrogen-bond acceptors (Lipinski definition) is 5. The summed E-state index contributed by atoms with van der Waals surface area (Å²) in [5, 5.41) is 18.6. The van der Waals surface area contributed by atoms with Crippen molar-refractivity contribution in [2.45, 2.75) is 20.0 Å². The molecule has 0 bridgehead atoms. The molecule has 164 valence electrons. The molecule has 2 aromatic heterocycles. The molecule has 1 aromatic carbocycles. The third-order valence-electron chi connectivity index (χ3n) is 4.50. The molecule has 2 heterocycles. The number of H-pyrrole nitrogens is 1. The van der Waals surface area contributed by atoms with Gasteiger partial charge in [0.05, 0.1) is 11.8 Å². The SMILES string of the molecule is Cc1cc(/C=C(/C#N)C(=O)NNC(=O)c2cn[nH]n2)c(C)n1-c1cccc(C(F)(F)F)c1. The number of carbonyl (C=O) groups excluding carboxylic acids is 2. The van der Waals surface area contributed by atoms with E-state index in [0.717, 1.165) is 18.3 Å². The van der Waals surface area contributed by atoms with Crippen LogP contribution in [0.15, 0.2) is 42.1 Å². The number of halogens is 3. The van der Waals surface area contributed by atoms with Crippen molar-refractivity contribution in [1.82, 2.24) is 30.8 Å². The maximum Gasteiger partial charge on any atom is 0.416 e. The van der Waals surface area contributed by atoms with Crippen molar-refractivity contribution in [3.05, 3.63) is 70.3 Å². The minimum absolute atomic E-state index is 0.0718. The number of benzene rings is 1.